The van der Waals surface area contributed by atoms with Gasteiger partial charge in [-0.1, -0.05) is 33.1 Å². The van der Waals surface area contributed by atoms with E-state index in [1.165, 1.54) is 25.7 Å². The quantitative estimate of drug-likeness (QED) is 0.352. The van der Waals surface area contributed by atoms with Crippen LogP contribution in [0.1, 0.15) is 39.5 Å². The first-order valence-corrected chi connectivity index (χ1v) is 8.26. The van der Waals surface area contributed by atoms with E-state index < -0.39 is 7.25 Å². The van der Waals surface area contributed by atoms with Crippen LogP contribution in [0.15, 0.2) is 0 Å². The fourth-order valence-corrected chi connectivity index (χ4v) is 3.18. The first-order valence-electron chi connectivity index (χ1n) is 5.69. The first kappa shape index (κ1) is 19.8. The lowest BCUT2D eigenvalue weighted by molar-refractivity contribution is 0.368. The molecule has 0 amide bonds. The van der Waals surface area contributed by atoms with Crippen molar-refractivity contribution >= 4 is 30.8 Å². The van der Waals surface area contributed by atoms with E-state index in [0.717, 1.165) is 10.5 Å². The van der Waals surface area contributed by atoms with Gasteiger partial charge in [-0.2, -0.15) is 23.5 Å². The lowest BCUT2D eigenvalue weighted by atomic mass is 10.1. The van der Waals surface area contributed by atoms with Gasteiger partial charge in [0, 0.05) is 10.5 Å². The van der Waals surface area contributed by atoms with E-state index in [0.29, 0.717) is 0 Å². The summed E-state index contributed by atoms with van der Waals surface area (Å²) in [5, 5.41) is 1.68. The molecule has 0 spiro atoms. The molecule has 7 heteroatoms. The highest BCUT2D eigenvalue weighted by atomic mass is 32.2. The Bertz CT molecular complexity index is 161. The molecule has 0 saturated carbocycles. The van der Waals surface area contributed by atoms with Crippen LogP contribution in [-0.4, -0.2) is 30.3 Å². The monoisotopic (exact) mass is 293 g/mol. The van der Waals surface area contributed by atoms with Crippen molar-refractivity contribution in [2.75, 3.05) is 12.5 Å². The highest BCUT2D eigenvalue weighted by Crippen LogP contribution is 2.25. The van der Waals surface area contributed by atoms with E-state index >= 15 is 0 Å². The van der Waals surface area contributed by atoms with E-state index in [-0.39, 0.29) is 0 Å². The Morgan fingerprint density at radius 2 is 1.47 bits per heavy atom. The first-order chi connectivity index (χ1) is 7.76. The van der Waals surface area contributed by atoms with Gasteiger partial charge in [0.2, 0.25) is 0 Å². The highest BCUT2D eigenvalue weighted by molar-refractivity contribution is 8.03. The molecule has 17 heavy (non-hydrogen) atoms. The molecule has 2 atom stereocenters. The molecule has 0 saturated heterocycles. The van der Waals surface area contributed by atoms with Gasteiger partial charge in [0.05, 0.1) is 0 Å². The molecule has 0 radical (unpaired) electrons. The molecule has 0 aromatic heterocycles. The third-order valence-electron chi connectivity index (χ3n) is 2.29. The van der Waals surface area contributed by atoms with Crippen molar-refractivity contribution in [1.29, 1.82) is 0 Å². The number of unbranched alkanes of at least 4 members (excludes halogenated alkanes) is 2. The summed E-state index contributed by atoms with van der Waals surface area (Å²) in [7, 11) is -6.00. The average molecular weight is 293 g/mol. The van der Waals surface area contributed by atoms with E-state index in [1.807, 2.05) is 23.5 Å². The lowest BCUT2D eigenvalue weighted by Crippen LogP contribution is -2.15. The molecule has 0 fully saturated rings. The van der Waals surface area contributed by atoms with Crippen LogP contribution in [-0.2, 0) is 0 Å². The molecule has 0 aliphatic heterocycles. The Labute approximate surface area is 111 Å². The van der Waals surface area contributed by atoms with Gasteiger partial charge >= 0.3 is 7.25 Å². The second-order valence-corrected chi connectivity index (χ2v) is 6.00. The molecule has 0 rings (SSSR count). The summed E-state index contributed by atoms with van der Waals surface area (Å²) in [6.07, 6.45) is 10.0. The minimum atomic E-state index is -6.00. The topological polar surface area (TPSA) is 0 Å². The van der Waals surface area contributed by atoms with Crippen LogP contribution >= 0.6 is 23.5 Å². The van der Waals surface area contributed by atoms with Crippen molar-refractivity contribution in [3.8, 4) is 0 Å². The van der Waals surface area contributed by atoms with Crippen LogP contribution in [0.5, 0.6) is 0 Å². The third kappa shape index (κ3) is 19.0. The summed E-state index contributed by atoms with van der Waals surface area (Å²) in [5.74, 6) is 0. The maximum Gasteiger partial charge on any atom is 0.673 e. The Kier molecular flexibility index (Phi) is 13.5. The highest BCUT2D eigenvalue weighted by Gasteiger charge is 2.20. The largest absolute Gasteiger partial charge is 0.673 e. The van der Waals surface area contributed by atoms with Crippen molar-refractivity contribution in [3.05, 3.63) is 0 Å². The second kappa shape index (κ2) is 11.6. The number of hydrogen-bond acceptors (Lipinski definition) is 2. The molecular formula is C10H22BF4S2-. The number of thioether (sulfide) groups is 2. The fraction of sp³-hybridized carbons (Fsp3) is 1.00. The van der Waals surface area contributed by atoms with Crippen LogP contribution in [0, 0.1) is 0 Å². The zero-order valence-electron chi connectivity index (χ0n) is 10.9. The molecule has 106 valence electrons. The summed E-state index contributed by atoms with van der Waals surface area (Å²) in [6.45, 7) is 4.61. The SMILES string of the molecule is CCCCCC(SC)C(C)SC.F[B-](F)(F)F. The molecule has 0 aliphatic rings. The third-order valence-corrected chi connectivity index (χ3v) is 4.78. The molecule has 0 aliphatic carbocycles. The van der Waals surface area contributed by atoms with E-state index in [1.54, 1.807) is 0 Å². The normalized spacial score (nSPS) is 14.8. The maximum atomic E-state index is 9.75. The Morgan fingerprint density at radius 3 is 1.76 bits per heavy atom. The Morgan fingerprint density at radius 1 is 1.00 bits per heavy atom. The van der Waals surface area contributed by atoms with Gasteiger partial charge in [-0.3, -0.25) is 0 Å². The molecule has 0 N–H and O–H groups in total. The zero-order valence-corrected chi connectivity index (χ0v) is 12.5. The molecular weight excluding hydrogens is 271 g/mol. The van der Waals surface area contributed by atoms with Gasteiger partial charge in [0.15, 0.2) is 0 Å². The summed E-state index contributed by atoms with van der Waals surface area (Å²) in [6, 6.07) is 0. The minimum absolute atomic E-state index is 0.817. The summed E-state index contributed by atoms with van der Waals surface area (Å²) in [5.41, 5.74) is 0. The van der Waals surface area contributed by atoms with Gasteiger partial charge in [-0.25, -0.2) is 0 Å². The Hall–Kier alpha value is 0.485. The van der Waals surface area contributed by atoms with Crippen LogP contribution in [0.4, 0.5) is 17.3 Å². The van der Waals surface area contributed by atoms with Gasteiger partial charge in [-0.05, 0) is 18.9 Å². The number of rotatable bonds is 7. The van der Waals surface area contributed by atoms with Crippen molar-refractivity contribution in [3.63, 3.8) is 0 Å². The second-order valence-electron chi connectivity index (χ2n) is 3.71. The Balaban J connectivity index is 0. The van der Waals surface area contributed by atoms with Crippen molar-refractivity contribution in [2.45, 2.75) is 50.0 Å². The van der Waals surface area contributed by atoms with Gasteiger partial charge in [0.1, 0.15) is 0 Å². The van der Waals surface area contributed by atoms with Crippen molar-refractivity contribution in [2.24, 2.45) is 0 Å². The molecule has 0 nitrogen and oxygen atoms in total. The van der Waals surface area contributed by atoms with Crippen molar-refractivity contribution < 1.29 is 17.3 Å². The smallest absolute Gasteiger partial charge is 0.418 e. The summed E-state index contributed by atoms with van der Waals surface area (Å²) >= 11 is 4.03. The lowest BCUT2D eigenvalue weighted by Gasteiger charge is -2.19. The van der Waals surface area contributed by atoms with E-state index in [9.17, 15) is 17.3 Å². The predicted octanol–water partition coefficient (Wildman–Crippen LogP) is 5.35. The van der Waals surface area contributed by atoms with Gasteiger partial charge in [0.25, 0.3) is 0 Å². The van der Waals surface area contributed by atoms with Crippen LogP contribution in [0.3, 0.4) is 0 Å². The molecule has 0 heterocycles. The summed E-state index contributed by atoms with van der Waals surface area (Å²) < 4.78 is 39.0. The van der Waals surface area contributed by atoms with Crippen LogP contribution in [0.2, 0.25) is 0 Å². The van der Waals surface area contributed by atoms with Gasteiger partial charge < -0.3 is 17.3 Å². The number of halogens is 4. The summed E-state index contributed by atoms with van der Waals surface area (Å²) in [4.78, 5) is 0. The van der Waals surface area contributed by atoms with E-state index in [4.69, 9.17) is 0 Å². The molecule has 0 bridgehead atoms. The standard InChI is InChI=1S/C10H22S2.BF4/c1-5-6-7-8-10(12-4)9(2)11-3;2-1(3,4)5/h9-10H,5-8H2,1-4H3;/q;-1. The zero-order chi connectivity index (χ0) is 13.9. The van der Waals surface area contributed by atoms with Crippen LogP contribution < -0.4 is 0 Å². The molecule has 2 unspecified atom stereocenters. The van der Waals surface area contributed by atoms with Crippen LogP contribution in [0.25, 0.3) is 0 Å². The predicted molar refractivity (Wildman–Crippen MR) is 74.6 cm³/mol. The average Bonchev–Trinajstić information content (AvgIpc) is 2.21. The van der Waals surface area contributed by atoms with Gasteiger partial charge in [-0.15, -0.1) is 0 Å². The minimum Gasteiger partial charge on any atom is -0.418 e. The fourth-order valence-electron chi connectivity index (χ4n) is 1.29. The molecule has 0 aromatic carbocycles. The maximum absolute atomic E-state index is 9.75. The van der Waals surface area contributed by atoms with Crippen molar-refractivity contribution in [1.82, 2.24) is 0 Å². The number of hydrogen-bond donors (Lipinski definition) is 0. The molecule has 0 aromatic rings. The van der Waals surface area contributed by atoms with E-state index in [2.05, 4.69) is 26.4 Å².